The second kappa shape index (κ2) is 33.8. The Bertz CT molecular complexity index is 1380. The normalized spacial score (nSPS) is 21.4. The molecule has 3 unspecified atom stereocenters. The number of allylic oxidation sites excluding steroid dienone is 14. The predicted molar refractivity (Wildman–Crippen MR) is 224 cm³/mol. The molecule has 13 heteroatoms. The first-order valence-corrected chi connectivity index (χ1v) is 22.3. The van der Waals surface area contributed by atoms with Gasteiger partial charge in [-0.1, -0.05) is 131 Å². The summed E-state index contributed by atoms with van der Waals surface area (Å²) in [5.74, 6) is -2.19. The summed E-state index contributed by atoms with van der Waals surface area (Å²) in [5.41, 5.74) is 0. The van der Waals surface area contributed by atoms with Gasteiger partial charge in [-0.25, -0.2) is 0 Å². The van der Waals surface area contributed by atoms with E-state index in [1.54, 1.807) is 0 Å². The molecule has 12 nitrogen and oxygen atoms in total. The average Bonchev–Trinajstić information content (AvgIpc) is 3.17. The van der Waals surface area contributed by atoms with Gasteiger partial charge in [0.1, 0.15) is 36.8 Å². The van der Waals surface area contributed by atoms with E-state index in [0.717, 1.165) is 44.9 Å². The molecule has 0 aromatic rings. The highest BCUT2D eigenvalue weighted by Crippen LogP contribution is 2.23. The van der Waals surface area contributed by atoms with Gasteiger partial charge in [-0.3, -0.25) is 14.1 Å². The van der Waals surface area contributed by atoms with Crippen LogP contribution in [-0.4, -0.2) is 96.0 Å². The van der Waals surface area contributed by atoms with E-state index in [1.165, 1.54) is 38.5 Å². The van der Waals surface area contributed by atoms with Crippen LogP contribution in [0, 0.1) is 0 Å². The number of esters is 2. The van der Waals surface area contributed by atoms with Crippen molar-refractivity contribution >= 4 is 22.1 Å². The minimum Gasteiger partial charge on any atom is -0.462 e. The largest absolute Gasteiger partial charge is 0.462 e. The number of rotatable bonds is 32. The molecule has 0 aromatic heterocycles. The monoisotopic (exact) mass is 822 g/mol. The van der Waals surface area contributed by atoms with E-state index in [-0.39, 0.29) is 19.4 Å². The molecule has 0 saturated carbocycles. The van der Waals surface area contributed by atoms with Gasteiger partial charge in [0.15, 0.2) is 12.4 Å². The molecule has 0 bridgehead atoms. The number of aliphatic hydroxyl groups is 3. The summed E-state index contributed by atoms with van der Waals surface area (Å²) in [4.78, 5) is 25.2. The highest BCUT2D eigenvalue weighted by atomic mass is 32.2. The standard InChI is InChI=1S/C44H70O12S/c1-3-5-7-9-11-13-15-17-18-19-21-22-24-26-28-30-32-39(45)53-34-37(35-54-44-43(49)42(48)41(47)38(56-44)36-57(50,51)52)55-40(46)33-31-29-27-25-23-20-16-14-12-10-8-6-4-2/h5,7,11,13,17-18,20-23,26-29,37-38,41-44,47-49H,3-4,6,8-10,12,14-16,19,24-25,30-36H2,1-2H3,(H,50,51,52)/b7-5+,13-11+,18-17+,22-21+,23-20+,28-26+,29-27+/t37?,38-,41-,42?,43?,44+/m1/s1. The Morgan fingerprint density at radius 1 is 0.614 bits per heavy atom. The molecule has 1 fully saturated rings. The minimum absolute atomic E-state index is 0.0381. The SMILES string of the molecule is CC/C=C/C/C=C/C/C=C/C/C=C/C/C=C/CCC(=O)OCC(CO[C@H]1O[C@H](CS(=O)(=O)O)[C@@H](O)C(O)C1O)OC(=O)CC/C=C/C/C=C/CCCCCCCC. The fraction of sp³-hybridized carbons (Fsp3) is 0.636. The smallest absolute Gasteiger partial charge is 0.306 e. The van der Waals surface area contributed by atoms with Crippen LogP contribution in [0.2, 0.25) is 0 Å². The molecule has 0 aliphatic carbocycles. The van der Waals surface area contributed by atoms with Gasteiger partial charge in [0.25, 0.3) is 10.1 Å². The highest BCUT2D eigenvalue weighted by Gasteiger charge is 2.46. The number of unbranched alkanes of at least 4 members (excludes halogenated alkanes) is 6. The van der Waals surface area contributed by atoms with Gasteiger partial charge >= 0.3 is 11.9 Å². The van der Waals surface area contributed by atoms with Gasteiger partial charge in [-0.2, -0.15) is 8.42 Å². The second-order valence-electron chi connectivity index (χ2n) is 13.9. The zero-order chi connectivity index (χ0) is 42.0. The van der Waals surface area contributed by atoms with Gasteiger partial charge in [-0.15, -0.1) is 0 Å². The minimum atomic E-state index is -4.62. The third-order valence-corrected chi connectivity index (χ3v) is 9.49. The molecule has 1 aliphatic heterocycles. The number of carbonyl (C=O) groups excluding carboxylic acids is 2. The van der Waals surface area contributed by atoms with Crippen LogP contribution in [0.3, 0.4) is 0 Å². The zero-order valence-corrected chi connectivity index (χ0v) is 35.0. The van der Waals surface area contributed by atoms with Gasteiger partial charge in [-0.05, 0) is 64.2 Å². The molecule has 6 atom stereocenters. The van der Waals surface area contributed by atoms with Crippen LogP contribution in [0.4, 0.5) is 0 Å². The van der Waals surface area contributed by atoms with Crippen LogP contribution in [-0.2, 0) is 38.7 Å². The summed E-state index contributed by atoms with van der Waals surface area (Å²) in [6.07, 6.45) is 33.8. The van der Waals surface area contributed by atoms with Gasteiger partial charge < -0.3 is 34.3 Å². The van der Waals surface area contributed by atoms with Crippen molar-refractivity contribution in [1.29, 1.82) is 0 Å². The third kappa shape index (κ3) is 28.8. The predicted octanol–water partition coefficient (Wildman–Crippen LogP) is 7.72. The molecule has 0 spiro atoms. The number of hydrogen-bond acceptors (Lipinski definition) is 11. The lowest BCUT2D eigenvalue weighted by atomic mass is 10.00. The third-order valence-electron chi connectivity index (χ3n) is 8.74. The van der Waals surface area contributed by atoms with E-state index in [2.05, 4.69) is 68.5 Å². The van der Waals surface area contributed by atoms with Crippen molar-refractivity contribution in [2.45, 2.75) is 160 Å². The quantitative estimate of drug-likeness (QED) is 0.0224. The Hall–Kier alpha value is -3.17. The molecule has 0 radical (unpaired) electrons. The molecular weight excluding hydrogens is 753 g/mol. The van der Waals surface area contributed by atoms with Crippen molar-refractivity contribution in [3.8, 4) is 0 Å². The Morgan fingerprint density at radius 2 is 1.11 bits per heavy atom. The first-order valence-electron chi connectivity index (χ1n) is 20.6. The number of aliphatic hydroxyl groups excluding tert-OH is 3. The van der Waals surface area contributed by atoms with E-state index in [0.29, 0.717) is 12.8 Å². The molecule has 324 valence electrons. The van der Waals surface area contributed by atoms with Crippen molar-refractivity contribution < 1.29 is 56.8 Å². The van der Waals surface area contributed by atoms with E-state index in [4.69, 9.17) is 18.9 Å². The summed E-state index contributed by atoms with van der Waals surface area (Å²) in [7, 11) is -4.62. The van der Waals surface area contributed by atoms with Crippen molar-refractivity contribution in [2.75, 3.05) is 19.0 Å². The molecule has 57 heavy (non-hydrogen) atoms. The van der Waals surface area contributed by atoms with Crippen molar-refractivity contribution in [1.82, 2.24) is 0 Å². The highest BCUT2D eigenvalue weighted by molar-refractivity contribution is 7.85. The first-order chi connectivity index (χ1) is 27.5. The van der Waals surface area contributed by atoms with Crippen molar-refractivity contribution in [3.05, 3.63) is 85.1 Å². The summed E-state index contributed by atoms with van der Waals surface area (Å²) < 4.78 is 53.7. The summed E-state index contributed by atoms with van der Waals surface area (Å²) in [6, 6.07) is 0. The topological polar surface area (TPSA) is 186 Å². The number of carbonyl (C=O) groups is 2. The Morgan fingerprint density at radius 3 is 1.65 bits per heavy atom. The van der Waals surface area contributed by atoms with Crippen LogP contribution < -0.4 is 0 Å². The lowest BCUT2D eigenvalue weighted by Crippen LogP contribution is -2.60. The van der Waals surface area contributed by atoms with Crippen LogP contribution in [0.25, 0.3) is 0 Å². The number of ether oxygens (including phenoxy) is 4. The van der Waals surface area contributed by atoms with Crippen LogP contribution in [0.15, 0.2) is 85.1 Å². The van der Waals surface area contributed by atoms with Crippen LogP contribution in [0.5, 0.6) is 0 Å². The van der Waals surface area contributed by atoms with E-state index in [9.17, 15) is 37.9 Å². The molecule has 1 saturated heterocycles. The molecule has 1 aliphatic rings. The average molecular weight is 823 g/mol. The summed E-state index contributed by atoms with van der Waals surface area (Å²) >= 11 is 0. The summed E-state index contributed by atoms with van der Waals surface area (Å²) in [5, 5.41) is 30.8. The molecule has 1 heterocycles. The Labute approximate surface area is 341 Å². The van der Waals surface area contributed by atoms with Crippen LogP contribution in [0.1, 0.15) is 123 Å². The molecule has 4 N–H and O–H groups in total. The second-order valence-corrected chi connectivity index (χ2v) is 15.4. The summed E-state index contributed by atoms with van der Waals surface area (Å²) in [6.45, 7) is 3.49. The van der Waals surface area contributed by atoms with Crippen molar-refractivity contribution in [3.63, 3.8) is 0 Å². The maximum absolute atomic E-state index is 12.7. The van der Waals surface area contributed by atoms with Crippen LogP contribution >= 0.6 is 0 Å². The Kier molecular flexibility index (Phi) is 30.7. The molecule has 1 rings (SSSR count). The van der Waals surface area contributed by atoms with E-state index >= 15 is 0 Å². The van der Waals surface area contributed by atoms with Gasteiger partial charge in [0.2, 0.25) is 0 Å². The lowest BCUT2D eigenvalue weighted by molar-refractivity contribution is -0.297. The Balaban J connectivity index is 2.59. The maximum Gasteiger partial charge on any atom is 0.306 e. The van der Waals surface area contributed by atoms with E-state index in [1.807, 2.05) is 30.4 Å². The maximum atomic E-state index is 12.7. The van der Waals surface area contributed by atoms with E-state index < -0.39 is 71.2 Å². The van der Waals surface area contributed by atoms with Gasteiger partial charge in [0, 0.05) is 12.8 Å². The molecule has 0 aromatic carbocycles. The van der Waals surface area contributed by atoms with Gasteiger partial charge in [0.05, 0.1) is 6.61 Å². The first kappa shape index (κ1) is 51.8. The van der Waals surface area contributed by atoms with Crippen molar-refractivity contribution in [2.24, 2.45) is 0 Å². The molecule has 0 amide bonds. The lowest BCUT2D eigenvalue weighted by Gasteiger charge is -2.40. The fourth-order valence-electron chi connectivity index (χ4n) is 5.54. The molecular formula is C44H70O12S. The fourth-order valence-corrected chi connectivity index (χ4v) is 6.23. The zero-order valence-electron chi connectivity index (χ0n) is 34.2. The number of hydrogen-bond donors (Lipinski definition) is 4.